The van der Waals surface area contributed by atoms with Gasteiger partial charge in [0.2, 0.25) is 0 Å². The zero-order chi connectivity index (χ0) is 14.9. The Kier molecular flexibility index (Phi) is 3.61. The number of furan rings is 1. The first kappa shape index (κ1) is 13.9. The van der Waals surface area contributed by atoms with E-state index in [1.807, 2.05) is 13.0 Å². The minimum Gasteiger partial charge on any atom is -0.478 e. The second kappa shape index (κ2) is 5.21. The van der Waals surface area contributed by atoms with Crippen LogP contribution in [0.25, 0.3) is 0 Å². The summed E-state index contributed by atoms with van der Waals surface area (Å²) in [6.07, 6.45) is 1.34. The summed E-state index contributed by atoms with van der Waals surface area (Å²) in [4.78, 5) is 23.4. The second-order valence-corrected chi connectivity index (χ2v) is 4.71. The maximum absolute atomic E-state index is 12.1. The first-order valence-corrected chi connectivity index (χ1v) is 6.09. The molecule has 0 unspecified atom stereocenters. The Morgan fingerprint density at radius 3 is 2.40 bits per heavy atom. The molecule has 0 saturated heterocycles. The summed E-state index contributed by atoms with van der Waals surface area (Å²) >= 11 is 0. The first-order chi connectivity index (χ1) is 9.38. The van der Waals surface area contributed by atoms with Crippen molar-refractivity contribution >= 4 is 17.6 Å². The summed E-state index contributed by atoms with van der Waals surface area (Å²) in [7, 11) is 0. The number of aromatic carboxylic acids is 1. The molecule has 0 fully saturated rings. The van der Waals surface area contributed by atoms with Crippen molar-refractivity contribution in [3.8, 4) is 0 Å². The van der Waals surface area contributed by atoms with Gasteiger partial charge in [0.15, 0.2) is 0 Å². The van der Waals surface area contributed by atoms with Crippen LogP contribution in [0.3, 0.4) is 0 Å². The van der Waals surface area contributed by atoms with E-state index in [2.05, 4.69) is 5.32 Å². The molecule has 1 amide bonds. The monoisotopic (exact) mass is 273 g/mol. The molecule has 0 aliphatic rings. The predicted octanol–water partition coefficient (Wildman–Crippen LogP) is 3.16. The predicted molar refractivity (Wildman–Crippen MR) is 74.3 cm³/mol. The highest BCUT2D eigenvalue weighted by Gasteiger charge is 2.17. The number of aryl methyl sites for hydroxylation is 3. The standard InChI is InChI=1S/C15H15NO4/c1-8-4-9(2)13(12(5-8)15(18)19)16-14(17)11-6-10(3)20-7-11/h4-7H,1-3H3,(H,16,17)(H,18,19). The average molecular weight is 273 g/mol. The van der Waals surface area contributed by atoms with E-state index in [4.69, 9.17) is 4.42 Å². The SMILES string of the molecule is Cc1cc(C)c(NC(=O)c2coc(C)c2)c(C(=O)O)c1. The van der Waals surface area contributed by atoms with E-state index in [9.17, 15) is 14.7 Å². The summed E-state index contributed by atoms with van der Waals surface area (Å²) in [5.74, 6) is -0.846. The third-order valence-electron chi connectivity index (χ3n) is 2.94. The molecule has 0 saturated carbocycles. The maximum Gasteiger partial charge on any atom is 0.337 e. The Morgan fingerprint density at radius 1 is 1.15 bits per heavy atom. The molecule has 2 N–H and O–H groups in total. The van der Waals surface area contributed by atoms with Gasteiger partial charge in [-0.15, -0.1) is 0 Å². The fourth-order valence-corrected chi connectivity index (χ4v) is 2.05. The molecule has 5 heteroatoms. The third kappa shape index (κ3) is 2.71. The summed E-state index contributed by atoms with van der Waals surface area (Å²) in [6.45, 7) is 5.30. The van der Waals surface area contributed by atoms with E-state index in [1.54, 1.807) is 19.9 Å². The van der Waals surface area contributed by atoms with Crippen LogP contribution in [0, 0.1) is 20.8 Å². The number of rotatable bonds is 3. The van der Waals surface area contributed by atoms with Crippen molar-refractivity contribution in [3.05, 3.63) is 52.5 Å². The fraction of sp³-hybridized carbons (Fsp3) is 0.200. The molecule has 20 heavy (non-hydrogen) atoms. The van der Waals surface area contributed by atoms with Crippen LogP contribution in [-0.2, 0) is 0 Å². The molecule has 1 heterocycles. The van der Waals surface area contributed by atoms with Crippen LogP contribution in [-0.4, -0.2) is 17.0 Å². The normalized spacial score (nSPS) is 10.3. The third-order valence-corrected chi connectivity index (χ3v) is 2.94. The van der Waals surface area contributed by atoms with Gasteiger partial charge in [-0.2, -0.15) is 0 Å². The van der Waals surface area contributed by atoms with Gasteiger partial charge in [0.05, 0.1) is 16.8 Å². The van der Waals surface area contributed by atoms with Gasteiger partial charge < -0.3 is 14.8 Å². The van der Waals surface area contributed by atoms with Gasteiger partial charge in [0.25, 0.3) is 5.91 Å². The highest BCUT2D eigenvalue weighted by Crippen LogP contribution is 2.24. The Labute approximate surface area is 116 Å². The number of anilines is 1. The number of benzene rings is 1. The van der Waals surface area contributed by atoms with Gasteiger partial charge in [-0.25, -0.2) is 4.79 Å². The van der Waals surface area contributed by atoms with Crippen LogP contribution in [0.2, 0.25) is 0 Å². The van der Waals surface area contributed by atoms with E-state index in [0.717, 1.165) is 5.56 Å². The van der Waals surface area contributed by atoms with Gasteiger partial charge in [0.1, 0.15) is 12.0 Å². The molecule has 2 aromatic rings. The number of carbonyl (C=O) groups excluding carboxylic acids is 1. The van der Waals surface area contributed by atoms with Gasteiger partial charge in [-0.1, -0.05) is 6.07 Å². The van der Waals surface area contributed by atoms with Gasteiger partial charge in [-0.3, -0.25) is 4.79 Å². The van der Waals surface area contributed by atoms with Crippen LogP contribution in [0.4, 0.5) is 5.69 Å². The molecule has 1 aromatic carbocycles. The van der Waals surface area contributed by atoms with Gasteiger partial charge in [-0.05, 0) is 44.0 Å². The smallest absolute Gasteiger partial charge is 0.337 e. The summed E-state index contributed by atoms with van der Waals surface area (Å²) in [5, 5.41) is 11.9. The number of nitrogens with one attached hydrogen (secondary N) is 1. The zero-order valence-electron chi connectivity index (χ0n) is 11.5. The number of amides is 1. The molecule has 1 aromatic heterocycles. The average Bonchev–Trinajstić information content (AvgIpc) is 2.78. The quantitative estimate of drug-likeness (QED) is 0.900. The van der Waals surface area contributed by atoms with E-state index in [0.29, 0.717) is 22.6 Å². The highest BCUT2D eigenvalue weighted by molar-refractivity contribution is 6.08. The lowest BCUT2D eigenvalue weighted by Gasteiger charge is -2.12. The van der Waals surface area contributed by atoms with Crippen molar-refractivity contribution in [2.24, 2.45) is 0 Å². The van der Waals surface area contributed by atoms with Crippen molar-refractivity contribution in [3.63, 3.8) is 0 Å². The highest BCUT2D eigenvalue weighted by atomic mass is 16.4. The molecular formula is C15H15NO4. The number of carboxylic acids is 1. The molecule has 0 aliphatic heterocycles. The second-order valence-electron chi connectivity index (χ2n) is 4.71. The first-order valence-electron chi connectivity index (χ1n) is 6.09. The summed E-state index contributed by atoms with van der Waals surface area (Å²) in [5.41, 5.74) is 2.29. The molecule has 104 valence electrons. The summed E-state index contributed by atoms with van der Waals surface area (Å²) in [6, 6.07) is 4.95. The Bertz CT molecular complexity index is 685. The molecule has 5 nitrogen and oxygen atoms in total. The Hall–Kier alpha value is -2.56. The number of carboxylic acid groups (broad SMARTS) is 1. The molecule has 0 radical (unpaired) electrons. The number of carbonyl (C=O) groups is 2. The molecular weight excluding hydrogens is 258 g/mol. The molecule has 2 rings (SSSR count). The van der Waals surface area contributed by atoms with E-state index >= 15 is 0 Å². The van der Waals surface area contributed by atoms with Crippen LogP contribution in [0.15, 0.2) is 28.9 Å². The van der Waals surface area contributed by atoms with Gasteiger partial charge >= 0.3 is 5.97 Å². The van der Waals surface area contributed by atoms with Crippen LogP contribution in [0.5, 0.6) is 0 Å². The van der Waals surface area contributed by atoms with Gasteiger partial charge in [0, 0.05) is 0 Å². The van der Waals surface area contributed by atoms with Crippen molar-refractivity contribution in [1.82, 2.24) is 0 Å². The van der Waals surface area contributed by atoms with E-state index in [-0.39, 0.29) is 5.56 Å². The number of hydrogen-bond donors (Lipinski definition) is 2. The lowest BCUT2D eigenvalue weighted by molar-refractivity contribution is 0.0698. The maximum atomic E-state index is 12.1. The summed E-state index contributed by atoms with van der Waals surface area (Å²) < 4.78 is 5.07. The zero-order valence-corrected chi connectivity index (χ0v) is 11.5. The van der Waals surface area contributed by atoms with Crippen molar-refractivity contribution < 1.29 is 19.1 Å². The fourth-order valence-electron chi connectivity index (χ4n) is 2.05. The Balaban J connectivity index is 2.38. The lowest BCUT2D eigenvalue weighted by Crippen LogP contribution is -2.15. The number of hydrogen-bond acceptors (Lipinski definition) is 3. The Morgan fingerprint density at radius 2 is 1.85 bits per heavy atom. The van der Waals surface area contributed by atoms with E-state index in [1.165, 1.54) is 12.3 Å². The van der Waals surface area contributed by atoms with Crippen LogP contribution >= 0.6 is 0 Å². The van der Waals surface area contributed by atoms with Crippen molar-refractivity contribution in [2.75, 3.05) is 5.32 Å². The minimum absolute atomic E-state index is 0.0797. The van der Waals surface area contributed by atoms with Crippen molar-refractivity contribution in [2.45, 2.75) is 20.8 Å². The van der Waals surface area contributed by atoms with Crippen LogP contribution < -0.4 is 5.32 Å². The van der Waals surface area contributed by atoms with Crippen LogP contribution in [0.1, 0.15) is 37.6 Å². The van der Waals surface area contributed by atoms with E-state index < -0.39 is 11.9 Å². The molecule has 0 atom stereocenters. The molecule has 0 bridgehead atoms. The van der Waals surface area contributed by atoms with Crippen molar-refractivity contribution in [1.29, 1.82) is 0 Å². The largest absolute Gasteiger partial charge is 0.478 e. The topological polar surface area (TPSA) is 79.5 Å². The lowest BCUT2D eigenvalue weighted by atomic mass is 10.0. The molecule has 0 aliphatic carbocycles. The minimum atomic E-state index is -1.07. The molecule has 0 spiro atoms.